The summed E-state index contributed by atoms with van der Waals surface area (Å²) in [5.41, 5.74) is 0. The molecule has 104 valence electrons. The normalized spacial score (nSPS) is 25.7. The molecule has 0 aromatic carbocycles. The van der Waals surface area contributed by atoms with Crippen LogP contribution in [0.15, 0.2) is 22.7 Å². The zero-order valence-corrected chi connectivity index (χ0v) is 13.2. The molecule has 0 aliphatic heterocycles. The Hall–Kier alpha value is 0.560. The number of hydrogen-bond acceptors (Lipinski definition) is 2. The second-order valence-corrected chi connectivity index (χ2v) is 6.30. The summed E-state index contributed by atoms with van der Waals surface area (Å²) in [6, 6.07) is 0. The van der Waals surface area contributed by atoms with Gasteiger partial charge in [-0.2, -0.15) is 0 Å². The van der Waals surface area contributed by atoms with Crippen LogP contribution < -0.4 is 0 Å². The molecule has 6 heteroatoms. The predicted octanol–water partition coefficient (Wildman–Crippen LogP) is 4.68. The maximum absolute atomic E-state index is 6.22. The van der Waals surface area contributed by atoms with Gasteiger partial charge in [0.05, 0.1) is 5.92 Å². The molecule has 0 radical (unpaired) electrons. The SMILES string of the molecule is CCOC(OCC)C1C(/C=C/C=C(Cl)Cl)C1(Cl)Cl. The lowest BCUT2D eigenvalue weighted by molar-refractivity contribution is -0.150. The number of hydrogen-bond donors (Lipinski definition) is 0. The summed E-state index contributed by atoms with van der Waals surface area (Å²) in [6.45, 7) is 4.91. The molecular weight excluding hydrogens is 318 g/mol. The molecule has 0 spiro atoms. The van der Waals surface area contributed by atoms with E-state index in [0.29, 0.717) is 13.2 Å². The van der Waals surface area contributed by atoms with Gasteiger partial charge in [0.25, 0.3) is 0 Å². The van der Waals surface area contributed by atoms with Crippen LogP contribution in [0.5, 0.6) is 0 Å². The standard InChI is InChI=1S/C12H16Cl4O2/c1-3-17-11(18-4-2)10-8(12(10,15)16)6-5-7-9(13)14/h5-8,10-11H,3-4H2,1-2H3/b6-5+. The van der Waals surface area contributed by atoms with Crippen molar-refractivity contribution in [2.24, 2.45) is 11.8 Å². The summed E-state index contributed by atoms with van der Waals surface area (Å²) in [5.74, 6) is -0.118. The van der Waals surface area contributed by atoms with E-state index in [1.807, 2.05) is 19.9 Å². The zero-order chi connectivity index (χ0) is 13.8. The zero-order valence-electron chi connectivity index (χ0n) is 10.2. The van der Waals surface area contributed by atoms with E-state index in [2.05, 4.69) is 0 Å². The van der Waals surface area contributed by atoms with Crippen LogP contribution in [-0.4, -0.2) is 23.8 Å². The van der Waals surface area contributed by atoms with E-state index in [4.69, 9.17) is 55.9 Å². The van der Waals surface area contributed by atoms with Gasteiger partial charge in [-0.3, -0.25) is 0 Å². The molecule has 2 atom stereocenters. The lowest BCUT2D eigenvalue weighted by Crippen LogP contribution is -2.22. The average Bonchev–Trinajstić information content (AvgIpc) is 2.80. The summed E-state index contributed by atoms with van der Waals surface area (Å²) in [4.78, 5) is 0. The maximum atomic E-state index is 6.22. The highest BCUT2D eigenvalue weighted by Gasteiger charge is 2.66. The Morgan fingerprint density at radius 1 is 1.22 bits per heavy atom. The maximum Gasteiger partial charge on any atom is 0.163 e. The van der Waals surface area contributed by atoms with Crippen molar-refractivity contribution in [3.8, 4) is 0 Å². The fourth-order valence-electron chi connectivity index (χ4n) is 1.81. The lowest BCUT2D eigenvalue weighted by atomic mass is 10.3. The largest absolute Gasteiger partial charge is 0.353 e. The van der Waals surface area contributed by atoms with E-state index in [9.17, 15) is 0 Å². The highest BCUT2D eigenvalue weighted by atomic mass is 35.5. The van der Waals surface area contributed by atoms with Gasteiger partial charge >= 0.3 is 0 Å². The number of allylic oxidation sites excluding steroid dienone is 3. The summed E-state index contributed by atoms with van der Waals surface area (Å²) < 4.78 is 10.3. The minimum atomic E-state index is -0.863. The molecule has 1 saturated carbocycles. The van der Waals surface area contributed by atoms with E-state index >= 15 is 0 Å². The lowest BCUT2D eigenvalue weighted by Gasteiger charge is -2.16. The third-order valence-corrected chi connectivity index (χ3v) is 3.92. The molecule has 0 aromatic heterocycles. The fourth-order valence-corrected chi connectivity index (χ4v) is 2.72. The van der Waals surface area contributed by atoms with E-state index in [0.717, 1.165) is 0 Å². The van der Waals surface area contributed by atoms with Crippen molar-refractivity contribution in [2.45, 2.75) is 24.5 Å². The van der Waals surface area contributed by atoms with Gasteiger partial charge in [-0.05, 0) is 19.9 Å². The molecule has 0 bridgehead atoms. The average molecular weight is 334 g/mol. The van der Waals surface area contributed by atoms with Crippen molar-refractivity contribution >= 4 is 46.4 Å². The minimum Gasteiger partial charge on any atom is -0.353 e. The van der Waals surface area contributed by atoms with Crippen molar-refractivity contribution in [3.05, 3.63) is 22.7 Å². The van der Waals surface area contributed by atoms with Gasteiger partial charge in [-0.1, -0.05) is 35.4 Å². The third-order valence-electron chi connectivity index (χ3n) is 2.66. The van der Waals surface area contributed by atoms with Gasteiger partial charge < -0.3 is 9.47 Å². The van der Waals surface area contributed by atoms with Gasteiger partial charge in [-0.15, -0.1) is 23.2 Å². The monoisotopic (exact) mass is 332 g/mol. The quantitative estimate of drug-likeness (QED) is 0.382. The first-order valence-electron chi connectivity index (χ1n) is 5.75. The van der Waals surface area contributed by atoms with Crippen LogP contribution in [0.1, 0.15) is 13.8 Å². The van der Waals surface area contributed by atoms with Crippen molar-refractivity contribution < 1.29 is 9.47 Å². The van der Waals surface area contributed by atoms with Crippen LogP contribution in [-0.2, 0) is 9.47 Å². The Labute approximate surface area is 128 Å². The molecule has 0 amide bonds. The van der Waals surface area contributed by atoms with Crippen LogP contribution in [0.2, 0.25) is 0 Å². The van der Waals surface area contributed by atoms with Gasteiger partial charge in [0, 0.05) is 19.1 Å². The summed E-state index contributed by atoms with van der Waals surface area (Å²) in [7, 11) is 0. The Balaban J connectivity index is 2.66. The smallest absolute Gasteiger partial charge is 0.163 e. The molecule has 1 fully saturated rings. The molecule has 1 rings (SSSR count). The number of alkyl halides is 2. The predicted molar refractivity (Wildman–Crippen MR) is 77.4 cm³/mol. The molecule has 0 aromatic rings. The number of halogens is 4. The van der Waals surface area contributed by atoms with Crippen molar-refractivity contribution in [3.63, 3.8) is 0 Å². The van der Waals surface area contributed by atoms with Crippen molar-refractivity contribution in [2.75, 3.05) is 13.2 Å². The third kappa shape index (κ3) is 4.29. The number of ether oxygens (including phenoxy) is 2. The Kier molecular flexibility index (Phi) is 6.80. The Morgan fingerprint density at radius 3 is 2.22 bits per heavy atom. The molecular formula is C12H16Cl4O2. The molecule has 0 saturated heterocycles. The first-order chi connectivity index (χ1) is 8.45. The van der Waals surface area contributed by atoms with Gasteiger partial charge in [-0.25, -0.2) is 0 Å². The second kappa shape index (κ2) is 7.37. The second-order valence-electron chi connectivity index (χ2n) is 3.85. The highest BCUT2D eigenvalue weighted by Crippen LogP contribution is 2.62. The summed E-state index contributed by atoms with van der Waals surface area (Å²) in [6.07, 6.45) is 4.77. The van der Waals surface area contributed by atoms with Gasteiger partial charge in [0.1, 0.15) is 8.82 Å². The number of rotatable bonds is 7. The van der Waals surface area contributed by atoms with Crippen LogP contribution in [0.4, 0.5) is 0 Å². The van der Waals surface area contributed by atoms with Crippen molar-refractivity contribution in [1.82, 2.24) is 0 Å². The summed E-state index contributed by atoms with van der Waals surface area (Å²) in [5, 5.41) is 0. The summed E-state index contributed by atoms with van der Waals surface area (Å²) >= 11 is 23.5. The minimum absolute atomic E-state index is 0.0344. The molecule has 0 N–H and O–H groups in total. The van der Waals surface area contributed by atoms with E-state index in [1.54, 1.807) is 12.2 Å². The van der Waals surface area contributed by atoms with Crippen molar-refractivity contribution in [1.29, 1.82) is 0 Å². The van der Waals surface area contributed by atoms with E-state index in [1.165, 1.54) is 0 Å². The topological polar surface area (TPSA) is 18.5 Å². The first kappa shape index (κ1) is 16.6. The Morgan fingerprint density at radius 2 is 1.78 bits per heavy atom. The van der Waals surface area contributed by atoms with Crippen LogP contribution >= 0.6 is 46.4 Å². The van der Waals surface area contributed by atoms with Crippen LogP contribution in [0.25, 0.3) is 0 Å². The van der Waals surface area contributed by atoms with Gasteiger partial charge in [0.15, 0.2) is 6.29 Å². The first-order valence-corrected chi connectivity index (χ1v) is 7.26. The van der Waals surface area contributed by atoms with E-state index in [-0.39, 0.29) is 22.6 Å². The molecule has 0 heterocycles. The van der Waals surface area contributed by atoms with Crippen LogP contribution in [0, 0.1) is 11.8 Å². The fraction of sp³-hybridized carbons (Fsp3) is 0.667. The van der Waals surface area contributed by atoms with E-state index < -0.39 is 4.33 Å². The molecule has 2 nitrogen and oxygen atoms in total. The van der Waals surface area contributed by atoms with Gasteiger partial charge in [0.2, 0.25) is 0 Å². The molecule has 1 aliphatic rings. The van der Waals surface area contributed by atoms with Crippen LogP contribution in [0.3, 0.4) is 0 Å². The Bertz CT molecular complexity index is 318. The molecule has 2 unspecified atom stereocenters. The highest BCUT2D eigenvalue weighted by molar-refractivity contribution is 6.56. The molecule has 18 heavy (non-hydrogen) atoms. The molecule has 1 aliphatic carbocycles.